The lowest BCUT2D eigenvalue weighted by atomic mass is 10.1. The van der Waals surface area contributed by atoms with Gasteiger partial charge in [0, 0.05) is 19.3 Å². The molecule has 1 amide bonds. The van der Waals surface area contributed by atoms with E-state index in [1.807, 2.05) is 39.0 Å². The molecule has 0 saturated carbocycles. The Kier molecular flexibility index (Phi) is 6.42. The monoisotopic (exact) mass is 419 g/mol. The Hall–Kier alpha value is -1.90. The second-order valence-electron chi connectivity index (χ2n) is 7.13. The lowest BCUT2D eigenvalue weighted by Crippen LogP contribution is -2.48. The highest BCUT2D eigenvalue weighted by Crippen LogP contribution is 2.29. The number of aromatic nitrogens is 1. The standard InChI is InChI=1S/C20H25N3O3S2/c1-15(2)20-22(19(24)14-27-18-6-4-5-11-21-18)12-13-23(20)28(25,26)17-9-7-16(3)8-10-17/h4-11,15,20H,12-14H2,1-3H3/t20-/m0/s1. The lowest BCUT2D eigenvalue weighted by Gasteiger charge is -2.32. The summed E-state index contributed by atoms with van der Waals surface area (Å²) in [6.45, 7) is 6.51. The smallest absolute Gasteiger partial charge is 0.244 e. The van der Waals surface area contributed by atoms with Gasteiger partial charge in [-0.3, -0.25) is 4.79 Å². The predicted octanol–water partition coefficient (Wildman–Crippen LogP) is 3.00. The van der Waals surface area contributed by atoms with Crippen molar-refractivity contribution in [2.45, 2.75) is 36.9 Å². The molecule has 2 heterocycles. The van der Waals surface area contributed by atoms with Crippen LogP contribution in [-0.2, 0) is 14.8 Å². The molecule has 1 atom stereocenters. The summed E-state index contributed by atoms with van der Waals surface area (Å²) in [6, 6.07) is 12.4. The van der Waals surface area contributed by atoms with E-state index in [0.717, 1.165) is 10.6 Å². The van der Waals surface area contributed by atoms with Gasteiger partial charge in [-0.1, -0.05) is 49.4 Å². The Morgan fingerprint density at radius 2 is 1.89 bits per heavy atom. The van der Waals surface area contributed by atoms with Crippen molar-refractivity contribution in [3.8, 4) is 0 Å². The Balaban J connectivity index is 1.78. The number of hydrogen-bond donors (Lipinski definition) is 0. The highest BCUT2D eigenvalue weighted by molar-refractivity contribution is 7.99. The second kappa shape index (κ2) is 8.63. The minimum absolute atomic E-state index is 0.0217. The van der Waals surface area contributed by atoms with Crippen molar-refractivity contribution in [2.24, 2.45) is 5.92 Å². The molecule has 2 aromatic rings. The van der Waals surface area contributed by atoms with Gasteiger partial charge in [-0.2, -0.15) is 4.31 Å². The zero-order valence-electron chi connectivity index (χ0n) is 16.3. The molecule has 1 aliphatic heterocycles. The lowest BCUT2D eigenvalue weighted by molar-refractivity contribution is -0.130. The second-order valence-corrected chi connectivity index (χ2v) is 10.0. The van der Waals surface area contributed by atoms with Crippen molar-refractivity contribution < 1.29 is 13.2 Å². The molecular formula is C20H25N3O3S2. The van der Waals surface area contributed by atoms with E-state index in [1.54, 1.807) is 35.4 Å². The van der Waals surface area contributed by atoms with Crippen molar-refractivity contribution in [1.82, 2.24) is 14.2 Å². The molecule has 3 rings (SSSR count). The molecular weight excluding hydrogens is 394 g/mol. The minimum atomic E-state index is -3.66. The van der Waals surface area contributed by atoms with E-state index in [2.05, 4.69) is 4.98 Å². The minimum Gasteiger partial charge on any atom is -0.324 e. The summed E-state index contributed by atoms with van der Waals surface area (Å²) >= 11 is 1.37. The molecule has 1 aromatic heterocycles. The van der Waals surface area contributed by atoms with E-state index in [-0.39, 0.29) is 22.5 Å². The maximum absolute atomic E-state index is 13.2. The largest absolute Gasteiger partial charge is 0.324 e. The maximum atomic E-state index is 13.2. The van der Waals surface area contributed by atoms with Crippen molar-refractivity contribution in [3.05, 3.63) is 54.2 Å². The highest BCUT2D eigenvalue weighted by atomic mass is 32.2. The fraction of sp³-hybridized carbons (Fsp3) is 0.400. The normalized spacial score (nSPS) is 18.0. The number of thioether (sulfide) groups is 1. The number of pyridine rings is 1. The Morgan fingerprint density at radius 1 is 1.18 bits per heavy atom. The Bertz CT molecular complexity index is 915. The third kappa shape index (κ3) is 4.39. The summed E-state index contributed by atoms with van der Waals surface area (Å²) in [5.74, 6) is 0.140. The number of nitrogens with zero attached hydrogens (tertiary/aromatic N) is 3. The molecule has 28 heavy (non-hydrogen) atoms. The molecule has 150 valence electrons. The first-order valence-corrected chi connectivity index (χ1v) is 11.6. The molecule has 0 radical (unpaired) electrons. The van der Waals surface area contributed by atoms with E-state index >= 15 is 0 Å². The topological polar surface area (TPSA) is 70.6 Å². The molecule has 0 bridgehead atoms. The van der Waals surface area contributed by atoms with Gasteiger partial charge in [0.2, 0.25) is 15.9 Å². The van der Waals surface area contributed by atoms with Gasteiger partial charge in [0.25, 0.3) is 0 Å². The van der Waals surface area contributed by atoms with Gasteiger partial charge >= 0.3 is 0 Å². The Labute approximate surface area is 171 Å². The van der Waals surface area contributed by atoms with Crippen LogP contribution in [-0.4, -0.2) is 53.5 Å². The van der Waals surface area contributed by atoms with Gasteiger partial charge in [-0.05, 0) is 37.1 Å². The van der Waals surface area contributed by atoms with E-state index in [0.29, 0.717) is 13.1 Å². The first-order valence-electron chi connectivity index (χ1n) is 9.22. The SMILES string of the molecule is Cc1ccc(S(=O)(=O)N2CCN(C(=O)CSc3ccccn3)[C@@H]2C(C)C)cc1. The highest BCUT2D eigenvalue weighted by Gasteiger charge is 2.43. The van der Waals surface area contributed by atoms with Crippen LogP contribution in [0, 0.1) is 12.8 Å². The van der Waals surface area contributed by atoms with E-state index < -0.39 is 16.2 Å². The number of sulfonamides is 1. The molecule has 0 unspecified atom stereocenters. The fourth-order valence-electron chi connectivity index (χ4n) is 3.35. The summed E-state index contributed by atoms with van der Waals surface area (Å²) in [7, 11) is -3.66. The van der Waals surface area contributed by atoms with Crippen LogP contribution < -0.4 is 0 Å². The number of rotatable bonds is 6. The van der Waals surface area contributed by atoms with Gasteiger partial charge in [0.1, 0.15) is 6.17 Å². The molecule has 1 aromatic carbocycles. The van der Waals surface area contributed by atoms with Crippen LogP contribution in [0.4, 0.5) is 0 Å². The van der Waals surface area contributed by atoms with Gasteiger partial charge in [0.15, 0.2) is 0 Å². The molecule has 6 nitrogen and oxygen atoms in total. The maximum Gasteiger partial charge on any atom is 0.244 e. The van der Waals surface area contributed by atoms with Crippen LogP contribution in [0.5, 0.6) is 0 Å². The van der Waals surface area contributed by atoms with Crippen molar-refractivity contribution in [2.75, 3.05) is 18.8 Å². The summed E-state index contributed by atoms with van der Waals surface area (Å²) in [6.07, 6.45) is 1.21. The van der Waals surface area contributed by atoms with Gasteiger partial charge in [0.05, 0.1) is 15.7 Å². The summed E-state index contributed by atoms with van der Waals surface area (Å²) in [5, 5.41) is 0.778. The van der Waals surface area contributed by atoms with Crippen LogP contribution in [0.3, 0.4) is 0 Å². The van der Waals surface area contributed by atoms with Crippen molar-refractivity contribution in [3.63, 3.8) is 0 Å². The third-order valence-corrected chi connectivity index (χ3v) is 7.51. The number of hydrogen-bond acceptors (Lipinski definition) is 5. The number of aryl methyl sites for hydroxylation is 1. The first-order chi connectivity index (χ1) is 13.3. The average molecular weight is 420 g/mol. The number of carbonyl (C=O) groups is 1. The van der Waals surface area contributed by atoms with Gasteiger partial charge in [-0.25, -0.2) is 13.4 Å². The van der Waals surface area contributed by atoms with Gasteiger partial charge in [-0.15, -0.1) is 0 Å². The average Bonchev–Trinajstić information content (AvgIpc) is 3.14. The molecule has 1 aliphatic rings. The molecule has 1 saturated heterocycles. The van der Waals surface area contributed by atoms with Crippen molar-refractivity contribution >= 4 is 27.7 Å². The quantitative estimate of drug-likeness (QED) is 0.673. The van der Waals surface area contributed by atoms with Crippen LogP contribution in [0.15, 0.2) is 58.6 Å². The van der Waals surface area contributed by atoms with Crippen LogP contribution in [0.1, 0.15) is 19.4 Å². The van der Waals surface area contributed by atoms with Crippen LogP contribution in [0.25, 0.3) is 0 Å². The van der Waals surface area contributed by atoms with E-state index in [1.165, 1.54) is 16.1 Å². The molecule has 8 heteroatoms. The van der Waals surface area contributed by atoms with Crippen LogP contribution in [0.2, 0.25) is 0 Å². The Morgan fingerprint density at radius 3 is 2.50 bits per heavy atom. The number of benzene rings is 1. The summed E-state index contributed by atoms with van der Waals surface area (Å²) < 4.78 is 27.8. The van der Waals surface area contributed by atoms with E-state index in [4.69, 9.17) is 0 Å². The molecule has 0 spiro atoms. The van der Waals surface area contributed by atoms with Gasteiger partial charge < -0.3 is 4.90 Å². The number of amides is 1. The summed E-state index contributed by atoms with van der Waals surface area (Å²) in [4.78, 5) is 19.0. The fourth-order valence-corrected chi connectivity index (χ4v) is 5.81. The first kappa shape index (κ1) is 20.8. The zero-order chi connectivity index (χ0) is 20.3. The summed E-state index contributed by atoms with van der Waals surface area (Å²) in [5.41, 5.74) is 1.00. The predicted molar refractivity (Wildman–Crippen MR) is 110 cm³/mol. The number of carbonyl (C=O) groups excluding carboxylic acids is 1. The van der Waals surface area contributed by atoms with E-state index in [9.17, 15) is 13.2 Å². The zero-order valence-corrected chi connectivity index (χ0v) is 17.9. The van der Waals surface area contributed by atoms with Crippen molar-refractivity contribution in [1.29, 1.82) is 0 Å². The molecule has 1 fully saturated rings. The molecule has 0 aliphatic carbocycles. The molecule has 0 N–H and O–H groups in total. The third-order valence-electron chi connectivity index (χ3n) is 4.70. The van der Waals surface area contributed by atoms with Crippen LogP contribution >= 0.6 is 11.8 Å².